The third-order valence-electron chi connectivity index (χ3n) is 3.47. The molecule has 0 aliphatic heterocycles. The molecule has 0 saturated heterocycles. The van der Waals surface area contributed by atoms with Crippen molar-refractivity contribution < 1.29 is 9.59 Å². The number of amides is 1. The summed E-state index contributed by atoms with van der Waals surface area (Å²) < 4.78 is 1.68. The van der Waals surface area contributed by atoms with Crippen LogP contribution in [0, 0.1) is 6.92 Å². The van der Waals surface area contributed by atoms with Crippen LogP contribution in [0.1, 0.15) is 23.0 Å². The van der Waals surface area contributed by atoms with Crippen molar-refractivity contribution in [1.29, 1.82) is 0 Å². The van der Waals surface area contributed by atoms with E-state index < -0.39 is 0 Å². The maximum atomic E-state index is 12.1. The van der Waals surface area contributed by atoms with Gasteiger partial charge >= 0.3 is 0 Å². The molecule has 3 aromatic rings. The van der Waals surface area contributed by atoms with E-state index in [9.17, 15) is 14.4 Å². The summed E-state index contributed by atoms with van der Waals surface area (Å²) in [6.07, 6.45) is 0. The van der Waals surface area contributed by atoms with Crippen LogP contribution in [0.15, 0.2) is 40.3 Å². The number of H-pyrrole nitrogens is 1. The van der Waals surface area contributed by atoms with Gasteiger partial charge in [0, 0.05) is 23.0 Å². The van der Waals surface area contributed by atoms with E-state index in [2.05, 4.69) is 20.5 Å². The number of anilines is 1. The van der Waals surface area contributed by atoms with E-state index in [1.54, 1.807) is 35.6 Å². The quantitative estimate of drug-likeness (QED) is 0.531. The predicted octanol–water partition coefficient (Wildman–Crippen LogP) is 1.66. The van der Waals surface area contributed by atoms with Crippen molar-refractivity contribution in [3.05, 3.63) is 51.9 Å². The Kier molecular flexibility index (Phi) is 4.66. The van der Waals surface area contributed by atoms with Crippen LogP contribution in [0.2, 0.25) is 0 Å². The fourth-order valence-electron chi connectivity index (χ4n) is 2.28. The zero-order valence-corrected chi connectivity index (χ0v) is 14.4. The Hall–Kier alpha value is -2.94. The lowest BCUT2D eigenvalue weighted by Gasteiger charge is -2.06. The second kappa shape index (κ2) is 6.89. The number of aryl methyl sites for hydroxylation is 1. The second-order valence-corrected chi connectivity index (χ2v) is 6.33. The number of nitrogens with zero attached hydrogens (tertiary/aromatic N) is 3. The highest BCUT2D eigenvalue weighted by Gasteiger charge is 2.12. The molecule has 0 radical (unpaired) electrons. The van der Waals surface area contributed by atoms with Gasteiger partial charge in [0.05, 0.1) is 5.75 Å². The van der Waals surface area contributed by atoms with Gasteiger partial charge in [0.15, 0.2) is 10.9 Å². The van der Waals surface area contributed by atoms with Gasteiger partial charge in [-0.05, 0) is 38.1 Å². The number of thioether (sulfide) groups is 1. The third kappa shape index (κ3) is 3.77. The molecule has 128 valence electrons. The summed E-state index contributed by atoms with van der Waals surface area (Å²) in [5, 5.41) is 11.2. The number of hydrogen-bond donors (Lipinski definition) is 2. The molecule has 0 unspecified atom stereocenters. The number of Topliss-reactive ketones (excluding diaryl/α,β-unsaturated/α-hetero) is 1. The molecule has 8 nitrogen and oxygen atoms in total. The SMILES string of the molecule is CC(=O)c1ccc(NC(=O)CSc2nnc3[nH]c(=O)cc(C)n23)cc1. The molecule has 2 heterocycles. The molecule has 1 aromatic carbocycles. The average Bonchev–Trinajstić information content (AvgIpc) is 2.96. The first kappa shape index (κ1) is 16.9. The van der Waals surface area contributed by atoms with E-state index in [0.717, 1.165) is 0 Å². The van der Waals surface area contributed by atoms with E-state index in [-0.39, 0.29) is 23.0 Å². The van der Waals surface area contributed by atoms with Gasteiger partial charge in [0.2, 0.25) is 11.7 Å². The van der Waals surface area contributed by atoms with Crippen molar-refractivity contribution in [2.75, 3.05) is 11.1 Å². The molecule has 2 aromatic heterocycles. The first-order chi connectivity index (χ1) is 11.9. The summed E-state index contributed by atoms with van der Waals surface area (Å²) in [4.78, 5) is 37.3. The molecule has 0 atom stereocenters. The summed E-state index contributed by atoms with van der Waals surface area (Å²) in [6, 6.07) is 8.13. The molecule has 25 heavy (non-hydrogen) atoms. The number of ketones is 1. The summed E-state index contributed by atoms with van der Waals surface area (Å²) in [6.45, 7) is 3.26. The lowest BCUT2D eigenvalue weighted by atomic mass is 10.1. The van der Waals surface area contributed by atoms with Gasteiger partial charge in [0.1, 0.15) is 0 Å². The number of rotatable bonds is 5. The summed E-state index contributed by atoms with van der Waals surface area (Å²) in [7, 11) is 0. The van der Waals surface area contributed by atoms with Gasteiger partial charge in [-0.15, -0.1) is 10.2 Å². The Morgan fingerprint density at radius 1 is 1.24 bits per heavy atom. The first-order valence-electron chi connectivity index (χ1n) is 7.43. The molecule has 0 aliphatic rings. The highest BCUT2D eigenvalue weighted by Crippen LogP contribution is 2.18. The molecule has 0 spiro atoms. The Balaban J connectivity index is 1.66. The second-order valence-electron chi connectivity index (χ2n) is 5.39. The molecule has 0 aliphatic carbocycles. The van der Waals surface area contributed by atoms with Gasteiger partial charge in [-0.3, -0.25) is 23.8 Å². The van der Waals surface area contributed by atoms with Crippen LogP contribution >= 0.6 is 11.8 Å². The van der Waals surface area contributed by atoms with Gasteiger partial charge in [0.25, 0.3) is 5.56 Å². The Morgan fingerprint density at radius 3 is 2.64 bits per heavy atom. The van der Waals surface area contributed by atoms with E-state index in [4.69, 9.17) is 0 Å². The minimum absolute atomic E-state index is 0.0273. The van der Waals surface area contributed by atoms with Crippen LogP contribution in [0.5, 0.6) is 0 Å². The van der Waals surface area contributed by atoms with E-state index in [0.29, 0.717) is 27.9 Å². The van der Waals surface area contributed by atoms with Crippen LogP contribution in [0.4, 0.5) is 5.69 Å². The maximum absolute atomic E-state index is 12.1. The van der Waals surface area contributed by atoms with Gasteiger partial charge < -0.3 is 5.32 Å². The van der Waals surface area contributed by atoms with E-state index >= 15 is 0 Å². The summed E-state index contributed by atoms with van der Waals surface area (Å²) in [5.74, 6) is 0.237. The van der Waals surface area contributed by atoms with Crippen LogP contribution in [-0.4, -0.2) is 37.0 Å². The molecule has 9 heteroatoms. The Labute approximate surface area is 146 Å². The summed E-state index contributed by atoms with van der Waals surface area (Å²) in [5.41, 5.74) is 1.64. The standard InChI is InChI=1S/C16H15N5O3S/c1-9-7-13(23)18-15-19-20-16(21(9)15)25-8-14(24)17-12-5-3-11(4-6-12)10(2)22/h3-7H,8H2,1-2H3,(H,17,24)(H,18,19,23). The minimum Gasteiger partial charge on any atom is -0.325 e. The Bertz CT molecular complexity index is 1010. The predicted molar refractivity (Wildman–Crippen MR) is 94.1 cm³/mol. The number of carbonyl (C=O) groups excluding carboxylic acids is 2. The lowest BCUT2D eigenvalue weighted by molar-refractivity contribution is -0.113. The molecule has 1 amide bonds. The third-order valence-corrected chi connectivity index (χ3v) is 4.40. The molecule has 0 saturated carbocycles. The zero-order valence-electron chi connectivity index (χ0n) is 13.6. The van der Waals surface area contributed by atoms with Crippen molar-refractivity contribution in [2.24, 2.45) is 0 Å². The minimum atomic E-state index is -0.249. The number of nitrogens with one attached hydrogen (secondary N) is 2. The molecular weight excluding hydrogens is 342 g/mol. The largest absolute Gasteiger partial charge is 0.325 e. The molecular formula is C16H15N5O3S. The summed E-state index contributed by atoms with van der Waals surface area (Å²) >= 11 is 1.21. The van der Waals surface area contributed by atoms with Crippen molar-refractivity contribution in [1.82, 2.24) is 19.6 Å². The molecule has 3 rings (SSSR count). The zero-order chi connectivity index (χ0) is 18.0. The molecule has 2 N–H and O–H groups in total. The van der Waals surface area contributed by atoms with Gasteiger partial charge in [-0.2, -0.15) is 0 Å². The first-order valence-corrected chi connectivity index (χ1v) is 8.41. The number of carbonyl (C=O) groups is 2. The number of aromatic nitrogens is 4. The monoisotopic (exact) mass is 357 g/mol. The van der Waals surface area contributed by atoms with Crippen LogP contribution < -0.4 is 10.9 Å². The average molecular weight is 357 g/mol. The fourth-order valence-corrected chi connectivity index (χ4v) is 3.07. The Morgan fingerprint density at radius 2 is 1.96 bits per heavy atom. The topological polar surface area (TPSA) is 109 Å². The number of hydrogen-bond acceptors (Lipinski definition) is 6. The van der Waals surface area contributed by atoms with Crippen LogP contribution in [-0.2, 0) is 4.79 Å². The molecule has 0 fully saturated rings. The van der Waals surface area contributed by atoms with Crippen molar-refractivity contribution >= 4 is 34.9 Å². The van der Waals surface area contributed by atoms with Crippen LogP contribution in [0.25, 0.3) is 5.78 Å². The van der Waals surface area contributed by atoms with E-state index in [1.165, 1.54) is 24.8 Å². The normalized spacial score (nSPS) is 10.8. The van der Waals surface area contributed by atoms with Crippen molar-refractivity contribution in [3.63, 3.8) is 0 Å². The number of aromatic amines is 1. The van der Waals surface area contributed by atoms with E-state index in [1.807, 2.05) is 0 Å². The molecule has 0 bridgehead atoms. The van der Waals surface area contributed by atoms with Crippen LogP contribution in [0.3, 0.4) is 0 Å². The van der Waals surface area contributed by atoms with Crippen molar-refractivity contribution in [3.8, 4) is 0 Å². The number of fused-ring (bicyclic) bond motifs is 1. The number of benzene rings is 1. The highest BCUT2D eigenvalue weighted by atomic mass is 32.2. The lowest BCUT2D eigenvalue weighted by Crippen LogP contribution is -2.15. The van der Waals surface area contributed by atoms with Crippen molar-refractivity contribution in [2.45, 2.75) is 19.0 Å². The fraction of sp³-hybridized carbons (Fsp3) is 0.188. The smallest absolute Gasteiger partial charge is 0.252 e. The highest BCUT2D eigenvalue weighted by molar-refractivity contribution is 7.99. The van der Waals surface area contributed by atoms with Gasteiger partial charge in [-0.1, -0.05) is 11.8 Å². The van der Waals surface area contributed by atoms with Gasteiger partial charge in [-0.25, -0.2) is 0 Å². The maximum Gasteiger partial charge on any atom is 0.252 e.